The molecule has 1 aliphatic rings. The van der Waals surface area contributed by atoms with Gasteiger partial charge in [0.05, 0.1) is 4.91 Å². The van der Waals surface area contributed by atoms with Gasteiger partial charge in [-0.2, -0.15) is 0 Å². The third-order valence-electron chi connectivity index (χ3n) is 1.24. The van der Waals surface area contributed by atoms with E-state index in [-0.39, 0.29) is 0 Å². The second-order valence-electron chi connectivity index (χ2n) is 2.48. The lowest BCUT2D eigenvalue weighted by Gasteiger charge is -2.04. The first-order valence-electron chi connectivity index (χ1n) is 3.24. The summed E-state index contributed by atoms with van der Waals surface area (Å²) in [4.78, 5) is 13.8. The highest BCUT2D eigenvalue weighted by atomic mass is 32.2. The first-order valence-corrected chi connectivity index (χ1v) is 4.23. The van der Waals surface area contributed by atoms with Crippen molar-refractivity contribution in [1.29, 1.82) is 0 Å². The van der Waals surface area contributed by atoms with E-state index in [9.17, 15) is 4.79 Å². The smallest absolute Gasteiger partial charge is 0.171 e. The molecule has 10 heavy (non-hydrogen) atoms. The molecule has 0 amide bonds. The molecule has 0 aromatic rings. The van der Waals surface area contributed by atoms with Crippen molar-refractivity contribution < 1.29 is 4.79 Å². The van der Waals surface area contributed by atoms with Crippen LogP contribution in [-0.4, -0.2) is 30.5 Å². The van der Waals surface area contributed by atoms with E-state index in [0.29, 0.717) is 12.2 Å². The van der Waals surface area contributed by atoms with Crippen molar-refractivity contribution in [1.82, 2.24) is 4.90 Å². The van der Waals surface area contributed by atoms with Crippen LogP contribution in [0.5, 0.6) is 0 Å². The van der Waals surface area contributed by atoms with Crippen LogP contribution in [0.15, 0.2) is 11.1 Å². The predicted molar refractivity (Wildman–Crippen MR) is 43.9 cm³/mol. The molecule has 0 aromatic heterocycles. The van der Waals surface area contributed by atoms with Gasteiger partial charge in [0.15, 0.2) is 5.78 Å². The van der Waals surface area contributed by atoms with E-state index in [1.54, 1.807) is 11.8 Å². The topological polar surface area (TPSA) is 20.3 Å². The van der Waals surface area contributed by atoms with Gasteiger partial charge in [-0.05, 0) is 0 Å². The molecule has 1 rings (SSSR count). The molecule has 0 unspecified atom stereocenters. The summed E-state index contributed by atoms with van der Waals surface area (Å²) in [6.45, 7) is 0. The standard InChI is InChI=1S/C7H11NOS/c1-8(2)5-7-6(9)3-4-10-7/h5H,3-4H2,1-2H3/b7-5+. The highest BCUT2D eigenvalue weighted by molar-refractivity contribution is 8.04. The Morgan fingerprint density at radius 1 is 1.60 bits per heavy atom. The fraction of sp³-hybridized carbons (Fsp3) is 0.571. The van der Waals surface area contributed by atoms with E-state index in [1.165, 1.54) is 0 Å². The molecular weight excluding hydrogens is 146 g/mol. The van der Waals surface area contributed by atoms with Gasteiger partial charge >= 0.3 is 0 Å². The molecule has 0 saturated carbocycles. The van der Waals surface area contributed by atoms with Gasteiger partial charge in [0, 0.05) is 32.5 Å². The van der Waals surface area contributed by atoms with Gasteiger partial charge in [-0.15, -0.1) is 11.8 Å². The lowest BCUT2D eigenvalue weighted by Crippen LogP contribution is -2.03. The van der Waals surface area contributed by atoms with Gasteiger partial charge in [0.25, 0.3) is 0 Å². The molecule has 0 spiro atoms. The van der Waals surface area contributed by atoms with Gasteiger partial charge in [-0.1, -0.05) is 0 Å². The molecule has 0 atom stereocenters. The Balaban J connectivity index is 2.62. The quantitative estimate of drug-likeness (QED) is 0.531. The number of thioether (sulfide) groups is 1. The second kappa shape index (κ2) is 3.10. The van der Waals surface area contributed by atoms with Crippen molar-refractivity contribution in [2.45, 2.75) is 6.42 Å². The SMILES string of the molecule is CN(C)/C=C1/SCCC1=O. The van der Waals surface area contributed by atoms with E-state index in [0.717, 1.165) is 10.7 Å². The van der Waals surface area contributed by atoms with Crippen molar-refractivity contribution in [2.24, 2.45) is 0 Å². The molecule has 0 radical (unpaired) electrons. The van der Waals surface area contributed by atoms with Crippen LogP contribution in [0.4, 0.5) is 0 Å². The molecule has 1 fully saturated rings. The Labute approximate surface area is 65.3 Å². The Morgan fingerprint density at radius 2 is 2.30 bits per heavy atom. The molecule has 0 aromatic carbocycles. The van der Waals surface area contributed by atoms with E-state index in [2.05, 4.69) is 0 Å². The third-order valence-corrected chi connectivity index (χ3v) is 2.29. The minimum atomic E-state index is 0.290. The third kappa shape index (κ3) is 1.77. The number of nitrogens with zero attached hydrogens (tertiary/aromatic N) is 1. The summed E-state index contributed by atoms with van der Waals surface area (Å²) in [5.41, 5.74) is 0. The summed E-state index contributed by atoms with van der Waals surface area (Å²) in [6.07, 6.45) is 2.60. The molecule has 2 nitrogen and oxygen atoms in total. The maximum Gasteiger partial charge on any atom is 0.171 e. The number of carbonyl (C=O) groups excluding carboxylic acids is 1. The van der Waals surface area contributed by atoms with Gasteiger partial charge in [0.2, 0.25) is 0 Å². The van der Waals surface area contributed by atoms with Gasteiger partial charge in [-0.25, -0.2) is 0 Å². The zero-order chi connectivity index (χ0) is 7.56. The number of allylic oxidation sites excluding steroid dienone is 1. The zero-order valence-corrected chi connectivity index (χ0v) is 7.07. The van der Waals surface area contributed by atoms with Gasteiger partial charge in [0.1, 0.15) is 0 Å². The molecule has 0 aliphatic carbocycles. The Bertz CT molecular complexity index is 174. The number of Topliss-reactive ketones (excluding diaryl/α,β-unsaturated/α-hetero) is 1. The van der Waals surface area contributed by atoms with E-state index in [1.807, 2.05) is 25.2 Å². The van der Waals surface area contributed by atoms with Crippen LogP contribution >= 0.6 is 11.8 Å². The summed E-state index contributed by atoms with van der Waals surface area (Å²) in [5, 5.41) is 0. The van der Waals surface area contributed by atoms with Crippen LogP contribution in [0.3, 0.4) is 0 Å². The summed E-state index contributed by atoms with van der Waals surface area (Å²) in [5.74, 6) is 1.25. The highest BCUT2D eigenvalue weighted by Gasteiger charge is 2.17. The minimum Gasteiger partial charge on any atom is -0.382 e. The molecule has 56 valence electrons. The van der Waals surface area contributed by atoms with Crippen molar-refractivity contribution in [3.8, 4) is 0 Å². The van der Waals surface area contributed by atoms with Crippen LogP contribution in [-0.2, 0) is 4.79 Å². The molecule has 1 aliphatic heterocycles. The summed E-state index contributed by atoms with van der Waals surface area (Å²) < 4.78 is 0. The predicted octanol–water partition coefficient (Wildman–Crippen LogP) is 1.10. The number of hydrogen-bond donors (Lipinski definition) is 0. The average Bonchev–Trinajstić information content (AvgIpc) is 2.15. The summed E-state index contributed by atoms with van der Waals surface area (Å²) in [7, 11) is 3.86. The molecule has 1 saturated heterocycles. The van der Waals surface area contributed by atoms with Crippen LogP contribution in [0, 0.1) is 0 Å². The lowest BCUT2D eigenvalue weighted by atomic mass is 10.3. The van der Waals surface area contributed by atoms with E-state index in [4.69, 9.17) is 0 Å². The van der Waals surface area contributed by atoms with E-state index < -0.39 is 0 Å². The van der Waals surface area contributed by atoms with Crippen molar-refractivity contribution in [3.63, 3.8) is 0 Å². The molecule has 1 heterocycles. The average molecular weight is 157 g/mol. The van der Waals surface area contributed by atoms with Crippen molar-refractivity contribution in [3.05, 3.63) is 11.1 Å². The van der Waals surface area contributed by atoms with Crippen LogP contribution in [0.1, 0.15) is 6.42 Å². The number of carbonyl (C=O) groups is 1. The Kier molecular flexibility index (Phi) is 2.38. The minimum absolute atomic E-state index is 0.290. The Morgan fingerprint density at radius 3 is 2.70 bits per heavy atom. The van der Waals surface area contributed by atoms with Crippen LogP contribution in [0.2, 0.25) is 0 Å². The number of hydrogen-bond acceptors (Lipinski definition) is 3. The largest absolute Gasteiger partial charge is 0.382 e. The van der Waals surface area contributed by atoms with Crippen LogP contribution < -0.4 is 0 Å². The van der Waals surface area contributed by atoms with Gasteiger partial charge in [-0.3, -0.25) is 4.79 Å². The first-order chi connectivity index (χ1) is 4.70. The van der Waals surface area contributed by atoms with Crippen LogP contribution in [0.25, 0.3) is 0 Å². The monoisotopic (exact) mass is 157 g/mol. The first kappa shape index (κ1) is 7.66. The Hall–Kier alpha value is -0.440. The normalized spacial score (nSPS) is 22.2. The maximum atomic E-state index is 11.0. The van der Waals surface area contributed by atoms with Crippen molar-refractivity contribution >= 4 is 17.5 Å². The zero-order valence-electron chi connectivity index (χ0n) is 6.26. The molecule has 0 bridgehead atoms. The lowest BCUT2D eigenvalue weighted by molar-refractivity contribution is -0.114. The van der Waals surface area contributed by atoms with Gasteiger partial charge < -0.3 is 4.90 Å². The second-order valence-corrected chi connectivity index (χ2v) is 3.62. The number of ketones is 1. The molecule has 3 heteroatoms. The fourth-order valence-corrected chi connectivity index (χ4v) is 1.86. The summed E-state index contributed by atoms with van der Waals surface area (Å²) in [6, 6.07) is 0. The number of rotatable bonds is 1. The van der Waals surface area contributed by atoms with E-state index >= 15 is 0 Å². The maximum absolute atomic E-state index is 11.0. The molecular formula is C7H11NOS. The molecule has 0 N–H and O–H groups in total. The summed E-state index contributed by atoms with van der Waals surface area (Å²) >= 11 is 1.65. The fourth-order valence-electron chi connectivity index (χ4n) is 0.801. The highest BCUT2D eigenvalue weighted by Crippen LogP contribution is 2.26. The van der Waals surface area contributed by atoms with Crippen molar-refractivity contribution in [2.75, 3.05) is 19.8 Å².